The molecular weight excluding hydrogens is 194 g/mol. The van der Waals surface area contributed by atoms with Crippen molar-refractivity contribution in [1.29, 1.82) is 0 Å². The van der Waals surface area contributed by atoms with Gasteiger partial charge in [0.25, 0.3) is 0 Å². The number of unbranched alkanes of at least 4 members (excludes halogenated alkanes) is 1. The Morgan fingerprint density at radius 2 is 2.40 bits per heavy atom. The number of methoxy groups -OCH3 is 1. The molecular formula is C10H21N3O2. The van der Waals surface area contributed by atoms with Gasteiger partial charge in [-0.2, -0.15) is 0 Å². The SMILES string of the molecule is COC1CCN(CCCCC(=O)NN)C1. The lowest BCUT2D eigenvalue weighted by molar-refractivity contribution is -0.121. The quantitative estimate of drug-likeness (QED) is 0.280. The molecule has 1 unspecified atom stereocenters. The van der Waals surface area contributed by atoms with Crippen LogP contribution in [0.2, 0.25) is 0 Å². The number of nitrogens with two attached hydrogens (primary N) is 1. The molecule has 3 N–H and O–H groups in total. The Hall–Kier alpha value is -0.650. The third kappa shape index (κ3) is 4.59. The van der Waals surface area contributed by atoms with Crippen LogP contribution >= 0.6 is 0 Å². The highest BCUT2D eigenvalue weighted by molar-refractivity contribution is 5.75. The Morgan fingerprint density at radius 3 is 3.00 bits per heavy atom. The summed E-state index contributed by atoms with van der Waals surface area (Å²) >= 11 is 0. The molecule has 1 atom stereocenters. The number of amides is 1. The summed E-state index contributed by atoms with van der Waals surface area (Å²) < 4.78 is 5.28. The zero-order valence-electron chi connectivity index (χ0n) is 9.37. The Morgan fingerprint density at radius 1 is 1.60 bits per heavy atom. The Balaban J connectivity index is 1.99. The second-order valence-corrected chi connectivity index (χ2v) is 3.97. The highest BCUT2D eigenvalue weighted by Crippen LogP contribution is 2.12. The Bertz CT molecular complexity index is 199. The largest absolute Gasteiger partial charge is 0.380 e. The number of hydrogen-bond acceptors (Lipinski definition) is 4. The summed E-state index contributed by atoms with van der Waals surface area (Å²) in [5, 5.41) is 0. The molecule has 0 spiro atoms. The summed E-state index contributed by atoms with van der Waals surface area (Å²) in [6.45, 7) is 3.19. The number of carbonyl (C=O) groups is 1. The van der Waals surface area contributed by atoms with Gasteiger partial charge < -0.3 is 9.64 Å². The second kappa shape index (κ2) is 6.76. The molecule has 0 radical (unpaired) electrons. The van der Waals surface area contributed by atoms with Crippen molar-refractivity contribution < 1.29 is 9.53 Å². The van der Waals surface area contributed by atoms with Crippen LogP contribution in [0.3, 0.4) is 0 Å². The van der Waals surface area contributed by atoms with Crippen molar-refractivity contribution in [2.24, 2.45) is 5.84 Å². The van der Waals surface area contributed by atoms with Crippen LogP contribution in [0.1, 0.15) is 25.7 Å². The van der Waals surface area contributed by atoms with Gasteiger partial charge in [0, 0.05) is 26.6 Å². The second-order valence-electron chi connectivity index (χ2n) is 3.97. The molecule has 0 aromatic carbocycles. The van der Waals surface area contributed by atoms with Gasteiger partial charge in [-0.05, 0) is 25.8 Å². The first kappa shape index (κ1) is 12.4. The smallest absolute Gasteiger partial charge is 0.233 e. The Kier molecular flexibility index (Phi) is 5.60. The van der Waals surface area contributed by atoms with Gasteiger partial charge in [-0.15, -0.1) is 0 Å². The van der Waals surface area contributed by atoms with Gasteiger partial charge in [-0.25, -0.2) is 5.84 Å². The molecule has 88 valence electrons. The monoisotopic (exact) mass is 215 g/mol. The number of hydrogen-bond donors (Lipinski definition) is 2. The third-order valence-electron chi connectivity index (χ3n) is 2.85. The van der Waals surface area contributed by atoms with E-state index in [9.17, 15) is 4.79 Å². The lowest BCUT2D eigenvalue weighted by Gasteiger charge is -2.14. The first-order chi connectivity index (χ1) is 7.26. The molecule has 1 saturated heterocycles. The zero-order chi connectivity index (χ0) is 11.1. The predicted molar refractivity (Wildman–Crippen MR) is 58.0 cm³/mol. The van der Waals surface area contributed by atoms with Crippen molar-refractivity contribution in [3.05, 3.63) is 0 Å². The van der Waals surface area contributed by atoms with Gasteiger partial charge >= 0.3 is 0 Å². The summed E-state index contributed by atoms with van der Waals surface area (Å²) in [6.07, 6.45) is 4.00. The van der Waals surface area contributed by atoms with Crippen LogP contribution in [-0.4, -0.2) is 43.7 Å². The topological polar surface area (TPSA) is 67.6 Å². The minimum absolute atomic E-state index is 0.0776. The molecule has 1 amide bonds. The first-order valence-electron chi connectivity index (χ1n) is 5.51. The number of nitrogens with zero attached hydrogens (tertiary/aromatic N) is 1. The summed E-state index contributed by atoms with van der Waals surface area (Å²) in [5.41, 5.74) is 2.14. The van der Waals surface area contributed by atoms with Crippen molar-refractivity contribution in [3.63, 3.8) is 0 Å². The lowest BCUT2D eigenvalue weighted by Crippen LogP contribution is -2.30. The number of likely N-dealkylation sites (tertiary alicyclic amines) is 1. The number of hydrazine groups is 1. The molecule has 0 aromatic rings. The van der Waals surface area contributed by atoms with E-state index in [0.29, 0.717) is 12.5 Å². The number of rotatable bonds is 6. The highest BCUT2D eigenvalue weighted by Gasteiger charge is 2.20. The maximum absolute atomic E-state index is 10.8. The summed E-state index contributed by atoms with van der Waals surface area (Å²) in [7, 11) is 1.76. The number of nitrogens with one attached hydrogen (secondary N) is 1. The minimum Gasteiger partial charge on any atom is -0.380 e. The fourth-order valence-electron chi connectivity index (χ4n) is 1.89. The van der Waals surface area contributed by atoms with E-state index in [-0.39, 0.29) is 5.91 Å². The zero-order valence-corrected chi connectivity index (χ0v) is 9.37. The Labute approximate surface area is 90.9 Å². The van der Waals surface area contributed by atoms with Crippen LogP contribution < -0.4 is 11.3 Å². The number of carbonyl (C=O) groups excluding carboxylic acids is 1. The fourth-order valence-corrected chi connectivity index (χ4v) is 1.89. The molecule has 1 aliphatic rings. The summed E-state index contributed by atoms with van der Waals surface area (Å²) in [5.74, 6) is 4.91. The molecule has 0 saturated carbocycles. The van der Waals surface area contributed by atoms with Gasteiger partial charge in [0.15, 0.2) is 0 Å². The molecule has 1 aliphatic heterocycles. The van der Waals surface area contributed by atoms with E-state index >= 15 is 0 Å². The van der Waals surface area contributed by atoms with Gasteiger partial charge in [-0.1, -0.05) is 0 Å². The highest BCUT2D eigenvalue weighted by atomic mass is 16.5. The number of ether oxygens (including phenoxy) is 1. The average Bonchev–Trinajstić information content (AvgIpc) is 2.72. The van der Waals surface area contributed by atoms with Crippen molar-refractivity contribution >= 4 is 5.91 Å². The molecule has 5 nitrogen and oxygen atoms in total. The van der Waals surface area contributed by atoms with Crippen LogP contribution in [0, 0.1) is 0 Å². The van der Waals surface area contributed by atoms with E-state index in [4.69, 9.17) is 10.6 Å². The van der Waals surface area contributed by atoms with Crippen LogP contribution in [0.4, 0.5) is 0 Å². The molecule has 5 heteroatoms. The van der Waals surface area contributed by atoms with E-state index in [1.807, 2.05) is 0 Å². The van der Waals surface area contributed by atoms with Crippen LogP contribution in [-0.2, 0) is 9.53 Å². The van der Waals surface area contributed by atoms with E-state index < -0.39 is 0 Å². The molecule has 1 fully saturated rings. The summed E-state index contributed by atoms with van der Waals surface area (Å²) in [6, 6.07) is 0. The minimum atomic E-state index is -0.0776. The first-order valence-corrected chi connectivity index (χ1v) is 5.51. The summed E-state index contributed by atoms with van der Waals surface area (Å²) in [4.78, 5) is 13.2. The molecule has 15 heavy (non-hydrogen) atoms. The normalized spacial score (nSPS) is 21.9. The molecule has 0 aromatic heterocycles. The van der Waals surface area contributed by atoms with Crippen molar-refractivity contribution in [2.75, 3.05) is 26.7 Å². The van der Waals surface area contributed by atoms with E-state index in [2.05, 4.69) is 10.3 Å². The van der Waals surface area contributed by atoms with Crippen LogP contribution in [0.5, 0.6) is 0 Å². The van der Waals surface area contributed by atoms with Gasteiger partial charge in [0.1, 0.15) is 0 Å². The van der Waals surface area contributed by atoms with Gasteiger partial charge in [0.05, 0.1) is 6.10 Å². The fraction of sp³-hybridized carbons (Fsp3) is 0.900. The molecule has 0 bridgehead atoms. The van der Waals surface area contributed by atoms with Crippen molar-refractivity contribution in [2.45, 2.75) is 31.8 Å². The maximum atomic E-state index is 10.8. The maximum Gasteiger partial charge on any atom is 0.233 e. The van der Waals surface area contributed by atoms with Gasteiger partial charge in [-0.3, -0.25) is 10.2 Å². The molecule has 1 heterocycles. The lowest BCUT2D eigenvalue weighted by atomic mass is 10.2. The van der Waals surface area contributed by atoms with Crippen LogP contribution in [0.15, 0.2) is 0 Å². The van der Waals surface area contributed by atoms with Gasteiger partial charge in [0.2, 0.25) is 5.91 Å². The van der Waals surface area contributed by atoms with E-state index in [0.717, 1.165) is 38.9 Å². The van der Waals surface area contributed by atoms with Crippen molar-refractivity contribution in [1.82, 2.24) is 10.3 Å². The van der Waals surface area contributed by atoms with E-state index in [1.54, 1.807) is 7.11 Å². The van der Waals surface area contributed by atoms with E-state index in [1.165, 1.54) is 0 Å². The van der Waals surface area contributed by atoms with Crippen molar-refractivity contribution in [3.8, 4) is 0 Å². The van der Waals surface area contributed by atoms with Crippen LogP contribution in [0.25, 0.3) is 0 Å². The predicted octanol–water partition coefficient (Wildman–Crippen LogP) is -0.133. The third-order valence-corrected chi connectivity index (χ3v) is 2.85. The molecule has 1 rings (SSSR count). The average molecular weight is 215 g/mol. The molecule has 0 aliphatic carbocycles. The standard InChI is InChI=1S/C10H21N3O2/c1-15-9-5-7-13(8-9)6-3-2-4-10(14)12-11/h9H,2-8,11H2,1H3,(H,12,14).